The van der Waals surface area contributed by atoms with Gasteiger partial charge in [0.2, 0.25) is 0 Å². The first-order valence-electron chi connectivity index (χ1n) is 4.27. The van der Waals surface area contributed by atoms with E-state index < -0.39 is 0 Å². The third-order valence-corrected chi connectivity index (χ3v) is 3.78. The van der Waals surface area contributed by atoms with Crippen molar-refractivity contribution < 1.29 is 0 Å². The molecule has 3 rings (SSSR count). The summed E-state index contributed by atoms with van der Waals surface area (Å²) in [5.41, 5.74) is 0. The first-order valence-corrected chi connectivity index (χ1v) is 5.88. The molecule has 2 aromatic heterocycles. The third kappa shape index (κ3) is 1.16. The number of nitrogens with zero attached hydrogens (tertiary/aromatic N) is 1. The third-order valence-electron chi connectivity index (χ3n) is 2.21. The van der Waals surface area contributed by atoms with Gasteiger partial charge in [0.1, 0.15) is 4.83 Å². The zero-order valence-corrected chi connectivity index (χ0v) is 9.60. The monoisotopic (exact) mass is 263 g/mol. The second kappa shape index (κ2) is 3.04. The van der Waals surface area contributed by atoms with Gasteiger partial charge in [-0.05, 0) is 24.3 Å². The Morgan fingerprint density at radius 2 is 2.07 bits per heavy atom. The molecule has 0 saturated carbocycles. The first kappa shape index (κ1) is 8.38. The fourth-order valence-electron chi connectivity index (χ4n) is 1.58. The molecule has 0 aliphatic heterocycles. The Morgan fingerprint density at radius 1 is 1.14 bits per heavy atom. The summed E-state index contributed by atoms with van der Waals surface area (Å²) >= 11 is 5.21. The van der Waals surface area contributed by atoms with Crippen LogP contribution in [-0.2, 0) is 0 Å². The van der Waals surface area contributed by atoms with Gasteiger partial charge in [-0.2, -0.15) is 0 Å². The second-order valence-electron chi connectivity index (χ2n) is 3.10. The molecule has 0 saturated heterocycles. The van der Waals surface area contributed by atoms with Crippen LogP contribution in [0.4, 0.5) is 0 Å². The van der Waals surface area contributed by atoms with Crippen molar-refractivity contribution in [2.24, 2.45) is 0 Å². The first-order chi connectivity index (χ1) is 6.84. The Bertz CT molecular complexity index is 615. The van der Waals surface area contributed by atoms with Crippen molar-refractivity contribution in [3.63, 3.8) is 0 Å². The lowest BCUT2D eigenvalue weighted by Crippen LogP contribution is -1.68. The minimum Gasteiger partial charge on any atom is -0.245 e. The van der Waals surface area contributed by atoms with Crippen molar-refractivity contribution in [2.75, 3.05) is 0 Å². The van der Waals surface area contributed by atoms with Gasteiger partial charge < -0.3 is 0 Å². The SMILES string of the molecule is Brc1ccc2c(c1)sc1ncccc12. The van der Waals surface area contributed by atoms with Crippen LogP contribution in [0.5, 0.6) is 0 Å². The highest BCUT2D eigenvalue weighted by molar-refractivity contribution is 9.10. The summed E-state index contributed by atoms with van der Waals surface area (Å²) in [6.07, 6.45) is 1.84. The zero-order valence-electron chi connectivity index (χ0n) is 7.20. The fraction of sp³-hybridized carbons (Fsp3) is 0. The van der Waals surface area contributed by atoms with E-state index in [9.17, 15) is 0 Å². The number of aromatic nitrogens is 1. The standard InChI is InChI=1S/C11H6BrNS/c12-7-3-4-8-9-2-1-5-13-11(9)14-10(8)6-7/h1-6H. The van der Waals surface area contributed by atoms with Crippen LogP contribution in [-0.4, -0.2) is 4.98 Å². The van der Waals surface area contributed by atoms with Gasteiger partial charge in [0.25, 0.3) is 0 Å². The predicted molar refractivity (Wildman–Crippen MR) is 64.8 cm³/mol. The molecule has 0 bridgehead atoms. The van der Waals surface area contributed by atoms with Gasteiger partial charge in [-0.15, -0.1) is 11.3 Å². The molecule has 0 atom stereocenters. The largest absolute Gasteiger partial charge is 0.245 e. The molecule has 1 aromatic carbocycles. The topological polar surface area (TPSA) is 12.9 Å². The predicted octanol–water partition coefficient (Wildman–Crippen LogP) is 4.21. The summed E-state index contributed by atoms with van der Waals surface area (Å²) in [7, 11) is 0. The van der Waals surface area contributed by atoms with E-state index >= 15 is 0 Å². The van der Waals surface area contributed by atoms with Gasteiger partial charge in [-0.3, -0.25) is 0 Å². The highest BCUT2D eigenvalue weighted by atomic mass is 79.9. The molecule has 68 valence electrons. The van der Waals surface area contributed by atoms with E-state index in [4.69, 9.17) is 0 Å². The van der Waals surface area contributed by atoms with Crippen molar-refractivity contribution in [1.82, 2.24) is 4.98 Å². The number of fused-ring (bicyclic) bond motifs is 3. The van der Waals surface area contributed by atoms with Crippen molar-refractivity contribution in [3.8, 4) is 0 Å². The van der Waals surface area contributed by atoms with Gasteiger partial charge in [-0.1, -0.05) is 22.0 Å². The Kier molecular flexibility index (Phi) is 1.82. The molecular weight excluding hydrogens is 258 g/mol. The van der Waals surface area contributed by atoms with Crippen molar-refractivity contribution in [3.05, 3.63) is 41.0 Å². The highest BCUT2D eigenvalue weighted by Crippen LogP contribution is 2.33. The van der Waals surface area contributed by atoms with Crippen molar-refractivity contribution >= 4 is 47.6 Å². The molecule has 0 spiro atoms. The van der Waals surface area contributed by atoms with E-state index in [0.717, 1.165) is 9.30 Å². The lowest BCUT2D eigenvalue weighted by Gasteiger charge is -1.90. The maximum absolute atomic E-state index is 4.35. The van der Waals surface area contributed by atoms with E-state index in [-0.39, 0.29) is 0 Å². The minimum absolute atomic E-state index is 1.11. The molecule has 0 amide bonds. The van der Waals surface area contributed by atoms with Crippen molar-refractivity contribution in [2.45, 2.75) is 0 Å². The van der Waals surface area contributed by atoms with E-state index in [1.165, 1.54) is 15.5 Å². The molecule has 3 heteroatoms. The summed E-state index contributed by atoms with van der Waals surface area (Å²) < 4.78 is 2.41. The highest BCUT2D eigenvalue weighted by Gasteiger charge is 2.04. The van der Waals surface area contributed by atoms with E-state index in [1.54, 1.807) is 11.3 Å². The molecule has 14 heavy (non-hydrogen) atoms. The summed E-state index contributed by atoms with van der Waals surface area (Å²) in [4.78, 5) is 5.46. The maximum Gasteiger partial charge on any atom is 0.124 e. The van der Waals surface area contributed by atoms with Crippen LogP contribution in [0.25, 0.3) is 20.3 Å². The smallest absolute Gasteiger partial charge is 0.124 e. The number of halogens is 1. The van der Waals surface area contributed by atoms with Gasteiger partial charge in [-0.25, -0.2) is 4.98 Å². The normalized spacial score (nSPS) is 11.2. The number of rotatable bonds is 0. The molecule has 0 fully saturated rings. The number of pyridine rings is 1. The minimum atomic E-state index is 1.11. The molecule has 0 radical (unpaired) electrons. The van der Waals surface area contributed by atoms with Crippen LogP contribution in [0, 0.1) is 0 Å². The molecule has 3 aromatic rings. The van der Waals surface area contributed by atoms with Crippen LogP contribution in [0.3, 0.4) is 0 Å². The number of benzene rings is 1. The average Bonchev–Trinajstić information content (AvgIpc) is 2.54. The average molecular weight is 264 g/mol. The number of thiophene rings is 1. The van der Waals surface area contributed by atoms with Crippen LogP contribution >= 0.6 is 27.3 Å². The Labute approximate surface area is 93.5 Å². The van der Waals surface area contributed by atoms with Crippen LogP contribution < -0.4 is 0 Å². The molecule has 0 N–H and O–H groups in total. The molecule has 0 aliphatic carbocycles. The lowest BCUT2D eigenvalue weighted by atomic mass is 10.2. The summed E-state index contributed by atoms with van der Waals surface area (Å²) in [5, 5.41) is 2.54. The molecule has 0 aliphatic rings. The Hall–Kier alpha value is -0.930. The maximum atomic E-state index is 4.35. The van der Waals surface area contributed by atoms with Gasteiger partial charge in [0.15, 0.2) is 0 Å². The summed E-state index contributed by atoms with van der Waals surface area (Å²) in [5.74, 6) is 0. The molecule has 2 heterocycles. The quantitative estimate of drug-likeness (QED) is 0.592. The Balaban J connectivity index is 2.57. The van der Waals surface area contributed by atoms with E-state index in [1.807, 2.05) is 12.3 Å². The lowest BCUT2D eigenvalue weighted by molar-refractivity contribution is 1.45. The van der Waals surface area contributed by atoms with Crippen LogP contribution in [0.15, 0.2) is 41.0 Å². The summed E-state index contributed by atoms with van der Waals surface area (Å²) in [6, 6.07) is 10.5. The number of hydrogen-bond donors (Lipinski definition) is 0. The number of hydrogen-bond acceptors (Lipinski definition) is 2. The molecule has 1 nitrogen and oxygen atoms in total. The molecule has 0 unspecified atom stereocenters. The Morgan fingerprint density at radius 3 is 3.00 bits per heavy atom. The van der Waals surface area contributed by atoms with Gasteiger partial charge in [0, 0.05) is 26.1 Å². The van der Waals surface area contributed by atoms with Gasteiger partial charge in [0.05, 0.1) is 0 Å². The fourth-order valence-corrected chi connectivity index (χ4v) is 3.18. The van der Waals surface area contributed by atoms with Crippen LogP contribution in [0.2, 0.25) is 0 Å². The zero-order chi connectivity index (χ0) is 9.54. The van der Waals surface area contributed by atoms with E-state index in [0.29, 0.717) is 0 Å². The second-order valence-corrected chi connectivity index (χ2v) is 5.04. The summed E-state index contributed by atoms with van der Waals surface area (Å²) in [6.45, 7) is 0. The molecular formula is C11H6BrNS. The van der Waals surface area contributed by atoms with Crippen LogP contribution in [0.1, 0.15) is 0 Å². The van der Waals surface area contributed by atoms with Gasteiger partial charge >= 0.3 is 0 Å². The van der Waals surface area contributed by atoms with E-state index in [2.05, 4.69) is 45.2 Å². The van der Waals surface area contributed by atoms with Crippen molar-refractivity contribution in [1.29, 1.82) is 0 Å².